The van der Waals surface area contributed by atoms with Crippen LogP contribution in [-0.4, -0.2) is 49.3 Å². The highest BCUT2D eigenvalue weighted by atomic mass is 31.2. The van der Waals surface area contributed by atoms with Crippen molar-refractivity contribution >= 4 is 19.8 Å². The average molecular weight is 732 g/mol. The Bertz CT molecular complexity index is 840. The molecular weight excluding hydrogens is 653 g/mol. The molecule has 0 rings (SSSR count). The van der Waals surface area contributed by atoms with E-state index < -0.39 is 26.5 Å². The van der Waals surface area contributed by atoms with E-state index in [1.807, 2.05) is 0 Å². The van der Waals surface area contributed by atoms with E-state index in [-0.39, 0.29) is 38.6 Å². The van der Waals surface area contributed by atoms with E-state index in [9.17, 15) is 19.0 Å². The van der Waals surface area contributed by atoms with Crippen LogP contribution >= 0.6 is 7.82 Å². The summed E-state index contributed by atoms with van der Waals surface area (Å²) in [6.07, 6.45) is 36.7. The van der Waals surface area contributed by atoms with Gasteiger partial charge in [0.15, 0.2) is 6.10 Å². The number of hydrogen-bond acceptors (Lipinski definition) is 8. The lowest BCUT2D eigenvalue weighted by molar-refractivity contribution is -0.161. The van der Waals surface area contributed by atoms with Gasteiger partial charge >= 0.3 is 19.8 Å². The summed E-state index contributed by atoms with van der Waals surface area (Å²) in [5.41, 5.74) is 5.33. The van der Waals surface area contributed by atoms with Crippen molar-refractivity contribution in [3.8, 4) is 0 Å². The van der Waals surface area contributed by atoms with E-state index in [4.69, 9.17) is 24.3 Å². The number of esters is 2. The maximum Gasteiger partial charge on any atom is 0.472 e. The largest absolute Gasteiger partial charge is 0.472 e. The third-order valence-electron chi connectivity index (χ3n) is 8.90. The quantitative estimate of drug-likeness (QED) is 0.0274. The lowest BCUT2D eigenvalue weighted by Gasteiger charge is -2.19. The lowest BCUT2D eigenvalue weighted by atomic mass is 10.1. The zero-order chi connectivity index (χ0) is 36.8. The third kappa shape index (κ3) is 36.5. The van der Waals surface area contributed by atoms with Crippen LogP contribution < -0.4 is 5.73 Å². The van der Waals surface area contributed by atoms with Crippen molar-refractivity contribution in [3.63, 3.8) is 0 Å². The van der Waals surface area contributed by atoms with Gasteiger partial charge in [-0.25, -0.2) is 4.57 Å². The molecule has 296 valence electrons. The maximum absolute atomic E-state index is 12.5. The molecule has 0 fully saturated rings. The zero-order valence-electron chi connectivity index (χ0n) is 32.4. The number of hydrogen-bond donors (Lipinski definition) is 2. The Balaban J connectivity index is 4.11. The minimum Gasteiger partial charge on any atom is -0.462 e. The van der Waals surface area contributed by atoms with Crippen molar-refractivity contribution in [2.24, 2.45) is 5.73 Å². The number of carbonyl (C=O) groups is 2. The molecule has 0 aliphatic heterocycles. The topological polar surface area (TPSA) is 134 Å². The number of phosphoric ester groups is 1. The molecule has 0 aliphatic carbocycles. The molecule has 0 spiro atoms. The van der Waals surface area contributed by atoms with Gasteiger partial charge in [0, 0.05) is 19.4 Å². The molecule has 1 unspecified atom stereocenters. The van der Waals surface area contributed by atoms with Crippen LogP contribution in [0.2, 0.25) is 0 Å². The summed E-state index contributed by atoms with van der Waals surface area (Å²) in [6.45, 7) is 3.72. The van der Waals surface area contributed by atoms with Gasteiger partial charge in [0.1, 0.15) is 6.61 Å². The van der Waals surface area contributed by atoms with Crippen LogP contribution in [0.4, 0.5) is 0 Å². The van der Waals surface area contributed by atoms with E-state index in [2.05, 4.69) is 26.0 Å². The van der Waals surface area contributed by atoms with Crippen molar-refractivity contribution in [2.75, 3.05) is 26.4 Å². The molecular formula is C40H78NO8P. The highest BCUT2D eigenvalue weighted by molar-refractivity contribution is 7.47. The van der Waals surface area contributed by atoms with Crippen LogP contribution in [0, 0.1) is 0 Å². The molecule has 0 aromatic carbocycles. The lowest BCUT2D eigenvalue weighted by Crippen LogP contribution is -2.29. The first kappa shape index (κ1) is 48.8. The fourth-order valence-corrected chi connectivity index (χ4v) is 6.57. The van der Waals surface area contributed by atoms with Crippen LogP contribution in [0.1, 0.15) is 200 Å². The van der Waals surface area contributed by atoms with E-state index in [0.29, 0.717) is 6.42 Å². The van der Waals surface area contributed by atoms with Gasteiger partial charge in [-0.2, -0.15) is 0 Å². The van der Waals surface area contributed by atoms with E-state index in [0.717, 1.165) is 38.5 Å². The summed E-state index contributed by atoms with van der Waals surface area (Å²) in [4.78, 5) is 34.7. The first-order valence-corrected chi connectivity index (χ1v) is 22.2. The fourth-order valence-electron chi connectivity index (χ4n) is 5.81. The predicted octanol–water partition coefficient (Wildman–Crippen LogP) is 11.4. The Morgan fingerprint density at radius 1 is 0.580 bits per heavy atom. The highest BCUT2D eigenvalue weighted by Crippen LogP contribution is 2.43. The zero-order valence-corrected chi connectivity index (χ0v) is 33.3. The minimum atomic E-state index is -4.37. The summed E-state index contributed by atoms with van der Waals surface area (Å²) in [6, 6.07) is 0. The highest BCUT2D eigenvalue weighted by Gasteiger charge is 2.26. The molecule has 0 bridgehead atoms. The molecule has 9 nitrogen and oxygen atoms in total. The number of unbranched alkanes of at least 4 members (excludes halogenated alkanes) is 24. The first-order valence-electron chi connectivity index (χ1n) is 20.7. The normalized spacial score (nSPS) is 13.4. The molecule has 3 N–H and O–H groups in total. The summed E-state index contributed by atoms with van der Waals surface area (Å²) >= 11 is 0. The van der Waals surface area contributed by atoms with Crippen molar-refractivity contribution in [1.82, 2.24) is 0 Å². The second-order valence-electron chi connectivity index (χ2n) is 13.9. The Hall–Kier alpha value is -1.25. The van der Waals surface area contributed by atoms with Crippen LogP contribution in [0.5, 0.6) is 0 Å². The Labute approximate surface area is 307 Å². The molecule has 0 saturated heterocycles. The second-order valence-corrected chi connectivity index (χ2v) is 15.3. The van der Waals surface area contributed by atoms with Crippen molar-refractivity contribution < 1.29 is 37.6 Å². The molecule has 2 atom stereocenters. The molecule has 0 aromatic rings. The van der Waals surface area contributed by atoms with E-state index in [1.165, 1.54) is 128 Å². The van der Waals surface area contributed by atoms with Crippen LogP contribution in [0.25, 0.3) is 0 Å². The van der Waals surface area contributed by atoms with Crippen molar-refractivity contribution in [1.29, 1.82) is 0 Å². The van der Waals surface area contributed by atoms with E-state index in [1.54, 1.807) is 0 Å². The van der Waals surface area contributed by atoms with Gasteiger partial charge in [-0.15, -0.1) is 0 Å². The van der Waals surface area contributed by atoms with Gasteiger partial charge in [0.25, 0.3) is 0 Å². The van der Waals surface area contributed by atoms with Crippen LogP contribution in [-0.2, 0) is 32.7 Å². The van der Waals surface area contributed by atoms with Gasteiger partial charge in [-0.05, 0) is 38.5 Å². The standard InChI is InChI=1S/C40H78NO8P/c1-3-5-7-9-11-13-15-16-17-18-19-20-21-22-23-25-27-29-31-33-40(43)49-38(37-48-50(44,45)47-35-34-41)36-46-39(42)32-30-28-26-24-14-12-10-8-6-4-2/h16-17,38H,3-15,18-37,41H2,1-2H3,(H,44,45)/b17-16+/t38-/m1/s1. The SMILES string of the molecule is CCCCCCCC/C=C/CCCCCCCCCCCC(=O)O[C@H](COC(=O)CCCCCCCCCCCC)COP(=O)(O)OCCN. The second kappa shape index (κ2) is 37.5. The molecule has 0 aliphatic rings. The predicted molar refractivity (Wildman–Crippen MR) is 206 cm³/mol. The summed E-state index contributed by atoms with van der Waals surface area (Å²) in [5.74, 6) is -0.825. The molecule has 0 saturated carbocycles. The summed E-state index contributed by atoms with van der Waals surface area (Å²) < 4.78 is 32.7. The van der Waals surface area contributed by atoms with Crippen LogP contribution in [0.3, 0.4) is 0 Å². The Morgan fingerprint density at radius 3 is 1.42 bits per heavy atom. The number of nitrogens with two attached hydrogens (primary N) is 1. The number of allylic oxidation sites excluding steroid dienone is 2. The molecule has 10 heteroatoms. The molecule has 0 radical (unpaired) electrons. The van der Waals surface area contributed by atoms with Crippen LogP contribution in [0.15, 0.2) is 12.2 Å². The molecule has 0 heterocycles. The Morgan fingerprint density at radius 2 is 0.980 bits per heavy atom. The molecule has 0 amide bonds. The maximum atomic E-state index is 12.5. The van der Waals surface area contributed by atoms with Gasteiger partial charge in [-0.3, -0.25) is 18.6 Å². The number of rotatable bonds is 39. The van der Waals surface area contributed by atoms with Gasteiger partial charge < -0.3 is 20.1 Å². The smallest absolute Gasteiger partial charge is 0.462 e. The fraction of sp³-hybridized carbons (Fsp3) is 0.900. The number of phosphoric acid groups is 1. The van der Waals surface area contributed by atoms with Gasteiger partial charge in [0.2, 0.25) is 0 Å². The third-order valence-corrected chi connectivity index (χ3v) is 9.89. The molecule has 0 aromatic heterocycles. The minimum absolute atomic E-state index is 0.0557. The summed E-state index contributed by atoms with van der Waals surface area (Å²) in [5, 5.41) is 0. The number of ether oxygens (including phenoxy) is 2. The van der Waals surface area contributed by atoms with Gasteiger partial charge in [-0.1, -0.05) is 161 Å². The molecule has 50 heavy (non-hydrogen) atoms. The average Bonchev–Trinajstić information content (AvgIpc) is 3.10. The first-order chi connectivity index (χ1) is 24.3. The monoisotopic (exact) mass is 732 g/mol. The van der Waals surface area contributed by atoms with E-state index >= 15 is 0 Å². The van der Waals surface area contributed by atoms with Crippen molar-refractivity contribution in [2.45, 2.75) is 206 Å². The van der Waals surface area contributed by atoms with Gasteiger partial charge in [0.05, 0.1) is 13.2 Å². The number of carbonyl (C=O) groups excluding carboxylic acids is 2. The summed E-state index contributed by atoms with van der Waals surface area (Å²) in [7, 11) is -4.37. The Kier molecular flexibility index (Phi) is 36.6. The van der Waals surface area contributed by atoms with Crippen molar-refractivity contribution in [3.05, 3.63) is 12.2 Å².